The van der Waals surface area contributed by atoms with E-state index in [-0.39, 0.29) is 6.42 Å². The minimum Gasteiger partial charge on any atom is -0.378 e. The second-order valence-corrected chi connectivity index (χ2v) is 4.47. The summed E-state index contributed by atoms with van der Waals surface area (Å²) in [5.74, 6) is 0. The lowest BCUT2D eigenvalue weighted by Crippen LogP contribution is -2.36. The van der Waals surface area contributed by atoms with Crippen LogP contribution in [0.25, 0.3) is 0 Å². The summed E-state index contributed by atoms with van der Waals surface area (Å²) in [6.07, 6.45) is -2.26. The first-order valence-corrected chi connectivity index (χ1v) is 6.12. The summed E-state index contributed by atoms with van der Waals surface area (Å²) in [4.78, 5) is 2.22. The molecule has 1 fully saturated rings. The monoisotopic (exact) mass is 256 g/mol. The number of rotatable bonds is 4. The maximum absolute atomic E-state index is 12.3. The standard InChI is InChI=1S/C13H18F2N2O/c14-13(15)12(16)9-10-1-3-11(4-2-10)17-5-7-18-8-6-17/h1-4,12-13H,5-9,16H2. The number of nitrogens with zero attached hydrogens (tertiary/aromatic N) is 1. The van der Waals surface area contributed by atoms with Gasteiger partial charge in [0.2, 0.25) is 0 Å². The first kappa shape index (κ1) is 13.2. The maximum atomic E-state index is 12.3. The Kier molecular flexibility index (Phi) is 4.49. The molecule has 1 atom stereocenters. The number of hydrogen-bond acceptors (Lipinski definition) is 3. The van der Waals surface area contributed by atoms with Gasteiger partial charge in [0.05, 0.1) is 19.3 Å². The summed E-state index contributed by atoms with van der Waals surface area (Å²) in [7, 11) is 0. The Bertz CT molecular complexity index is 364. The van der Waals surface area contributed by atoms with Gasteiger partial charge in [-0.3, -0.25) is 0 Å². The fourth-order valence-electron chi connectivity index (χ4n) is 2.03. The molecule has 0 bridgehead atoms. The van der Waals surface area contributed by atoms with E-state index in [4.69, 9.17) is 10.5 Å². The molecule has 100 valence electrons. The number of halogens is 2. The molecule has 0 radical (unpaired) electrons. The van der Waals surface area contributed by atoms with E-state index in [2.05, 4.69) is 4.90 Å². The largest absolute Gasteiger partial charge is 0.378 e. The molecule has 5 heteroatoms. The van der Waals surface area contributed by atoms with E-state index in [0.717, 1.165) is 37.6 Å². The third-order valence-electron chi connectivity index (χ3n) is 3.11. The first-order valence-electron chi connectivity index (χ1n) is 6.12. The molecule has 1 aliphatic rings. The highest BCUT2D eigenvalue weighted by atomic mass is 19.3. The van der Waals surface area contributed by atoms with Gasteiger partial charge < -0.3 is 15.4 Å². The predicted octanol–water partition coefficient (Wildman–Crippen LogP) is 1.66. The first-order chi connectivity index (χ1) is 8.66. The topological polar surface area (TPSA) is 38.5 Å². The van der Waals surface area contributed by atoms with Gasteiger partial charge in [0.1, 0.15) is 0 Å². The molecule has 0 spiro atoms. The molecule has 2 N–H and O–H groups in total. The number of benzene rings is 1. The van der Waals surface area contributed by atoms with Crippen molar-refractivity contribution in [1.82, 2.24) is 0 Å². The highest BCUT2D eigenvalue weighted by molar-refractivity contribution is 5.48. The van der Waals surface area contributed by atoms with Crippen LogP contribution in [0.2, 0.25) is 0 Å². The predicted molar refractivity (Wildman–Crippen MR) is 67.2 cm³/mol. The van der Waals surface area contributed by atoms with Crippen LogP contribution in [0.1, 0.15) is 5.56 Å². The quantitative estimate of drug-likeness (QED) is 0.890. The van der Waals surface area contributed by atoms with Crippen LogP contribution < -0.4 is 10.6 Å². The third kappa shape index (κ3) is 3.40. The maximum Gasteiger partial charge on any atom is 0.253 e. The van der Waals surface area contributed by atoms with Crippen LogP contribution in [-0.4, -0.2) is 38.8 Å². The van der Waals surface area contributed by atoms with E-state index in [1.54, 1.807) is 0 Å². The van der Waals surface area contributed by atoms with Crippen molar-refractivity contribution in [3.05, 3.63) is 29.8 Å². The molecule has 0 aromatic heterocycles. The van der Waals surface area contributed by atoms with Gasteiger partial charge in [0, 0.05) is 18.8 Å². The molecule has 0 amide bonds. The Balaban J connectivity index is 1.96. The lowest BCUT2D eigenvalue weighted by Gasteiger charge is -2.29. The lowest BCUT2D eigenvalue weighted by atomic mass is 10.1. The van der Waals surface area contributed by atoms with Crippen molar-refractivity contribution in [2.75, 3.05) is 31.2 Å². The summed E-state index contributed by atoms with van der Waals surface area (Å²) in [6, 6.07) is 6.57. The number of hydrogen-bond donors (Lipinski definition) is 1. The van der Waals surface area contributed by atoms with Gasteiger partial charge in [-0.2, -0.15) is 0 Å². The zero-order chi connectivity index (χ0) is 13.0. The third-order valence-corrected chi connectivity index (χ3v) is 3.11. The SMILES string of the molecule is NC(Cc1ccc(N2CCOCC2)cc1)C(F)F. The summed E-state index contributed by atoms with van der Waals surface area (Å²) >= 11 is 0. The van der Waals surface area contributed by atoms with Gasteiger partial charge in [-0.25, -0.2) is 8.78 Å². The van der Waals surface area contributed by atoms with Gasteiger partial charge in [-0.1, -0.05) is 12.1 Å². The van der Waals surface area contributed by atoms with Crippen molar-refractivity contribution in [2.45, 2.75) is 18.9 Å². The van der Waals surface area contributed by atoms with E-state index in [1.165, 1.54) is 0 Å². The Hall–Kier alpha value is -1.20. The molecular formula is C13H18F2N2O. The Labute approximate surface area is 106 Å². The summed E-state index contributed by atoms with van der Waals surface area (Å²) in [5, 5.41) is 0. The number of morpholine rings is 1. The van der Waals surface area contributed by atoms with E-state index in [1.807, 2.05) is 24.3 Å². The molecule has 18 heavy (non-hydrogen) atoms. The number of alkyl halides is 2. The molecule has 2 rings (SSSR count). The second-order valence-electron chi connectivity index (χ2n) is 4.47. The van der Waals surface area contributed by atoms with Gasteiger partial charge in [0.25, 0.3) is 6.43 Å². The van der Waals surface area contributed by atoms with Gasteiger partial charge >= 0.3 is 0 Å². The van der Waals surface area contributed by atoms with Crippen molar-refractivity contribution < 1.29 is 13.5 Å². The average Bonchev–Trinajstić information content (AvgIpc) is 2.40. The van der Waals surface area contributed by atoms with Crippen LogP contribution in [0.15, 0.2) is 24.3 Å². The summed E-state index contributed by atoms with van der Waals surface area (Å²) < 4.78 is 30.0. The summed E-state index contributed by atoms with van der Waals surface area (Å²) in [5.41, 5.74) is 7.30. The highest BCUT2D eigenvalue weighted by Crippen LogP contribution is 2.17. The second kappa shape index (κ2) is 6.11. The fourth-order valence-corrected chi connectivity index (χ4v) is 2.03. The zero-order valence-corrected chi connectivity index (χ0v) is 10.2. The van der Waals surface area contributed by atoms with E-state index >= 15 is 0 Å². The molecular weight excluding hydrogens is 238 g/mol. The molecule has 0 saturated carbocycles. The van der Waals surface area contributed by atoms with Crippen LogP contribution in [-0.2, 0) is 11.2 Å². The molecule has 1 aromatic carbocycles. The molecule has 3 nitrogen and oxygen atoms in total. The van der Waals surface area contributed by atoms with Gasteiger partial charge in [-0.15, -0.1) is 0 Å². The van der Waals surface area contributed by atoms with Crippen LogP contribution in [0.3, 0.4) is 0 Å². The fraction of sp³-hybridized carbons (Fsp3) is 0.538. The molecule has 1 saturated heterocycles. The van der Waals surface area contributed by atoms with Crippen molar-refractivity contribution in [3.8, 4) is 0 Å². The van der Waals surface area contributed by atoms with E-state index in [9.17, 15) is 8.78 Å². The van der Waals surface area contributed by atoms with Crippen LogP contribution >= 0.6 is 0 Å². The van der Waals surface area contributed by atoms with Gasteiger partial charge in [0.15, 0.2) is 0 Å². The Morgan fingerprint density at radius 3 is 2.33 bits per heavy atom. The molecule has 1 aromatic rings. The molecule has 0 aliphatic carbocycles. The van der Waals surface area contributed by atoms with Crippen LogP contribution in [0, 0.1) is 0 Å². The van der Waals surface area contributed by atoms with Gasteiger partial charge in [-0.05, 0) is 24.1 Å². The number of nitrogens with two attached hydrogens (primary N) is 1. The smallest absolute Gasteiger partial charge is 0.253 e. The van der Waals surface area contributed by atoms with Crippen molar-refractivity contribution >= 4 is 5.69 Å². The van der Waals surface area contributed by atoms with Crippen LogP contribution in [0.4, 0.5) is 14.5 Å². The van der Waals surface area contributed by atoms with Crippen molar-refractivity contribution in [3.63, 3.8) is 0 Å². The Morgan fingerprint density at radius 2 is 1.78 bits per heavy atom. The highest BCUT2D eigenvalue weighted by Gasteiger charge is 2.16. The number of ether oxygens (including phenoxy) is 1. The zero-order valence-electron chi connectivity index (χ0n) is 10.2. The van der Waals surface area contributed by atoms with E-state index < -0.39 is 12.5 Å². The van der Waals surface area contributed by atoms with Crippen molar-refractivity contribution in [1.29, 1.82) is 0 Å². The molecule has 1 aliphatic heterocycles. The van der Waals surface area contributed by atoms with E-state index in [0.29, 0.717) is 0 Å². The lowest BCUT2D eigenvalue weighted by molar-refractivity contribution is 0.116. The van der Waals surface area contributed by atoms with Crippen LogP contribution in [0.5, 0.6) is 0 Å². The average molecular weight is 256 g/mol. The van der Waals surface area contributed by atoms with Crippen molar-refractivity contribution in [2.24, 2.45) is 5.73 Å². The molecule has 1 heterocycles. The summed E-state index contributed by atoms with van der Waals surface area (Å²) in [6.45, 7) is 3.21. The minimum absolute atomic E-state index is 0.209. The normalized spacial score (nSPS) is 18.1. The number of anilines is 1. The molecule has 1 unspecified atom stereocenters. The minimum atomic E-state index is -2.47. The Morgan fingerprint density at radius 1 is 1.17 bits per heavy atom.